The lowest BCUT2D eigenvalue weighted by Gasteiger charge is -2.30. The molecule has 0 unspecified atom stereocenters. The number of carbonyl (C=O) groups is 1. The number of carbonyl (C=O) groups excluding carboxylic acids is 1. The Morgan fingerprint density at radius 2 is 2.00 bits per heavy atom. The van der Waals surface area contributed by atoms with Crippen LogP contribution in [0.2, 0.25) is 10.0 Å². The maximum Gasteiger partial charge on any atom is 0.340 e. The van der Waals surface area contributed by atoms with Crippen molar-refractivity contribution < 1.29 is 14.4 Å². The van der Waals surface area contributed by atoms with Gasteiger partial charge in [-0.15, -0.1) is 12.4 Å². The summed E-state index contributed by atoms with van der Waals surface area (Å²) in [6, 6.07) is 5.20. The Morgan fingerprint density at radius 1 is 1.38 bits per heavy atom. The van der Waals surface area contributed by atoms with Crippen molar-refractivity contribution >= 4 is 53.2 Å². The van der Waals surface area contributed by atoms with Crippen molar-refractivity contribution in [3.63, 3.8) is 0 Å². The molecule has 0 radical (unpaired) electrons. The number of hydrogen-bond acceptors (Lipinski definition) is 6. The number of benzene rings is 1. The molecule has 1 N–H and O–H groups in total. The minimum atomic E-state index is -1.13. The predicted molar refractivity (Wildman–Crippen MR) is 98.1 cm³/mol. The highest BCUT2D eigenvalue weighted by Crippen LogP contribution is 2.30. The van der Waals surface area contributed by atoms with Crippen LogP contribution >= 0.6 is 35.6 Å². The van der Waals surface area contributed by atoms with Crippen LogP contribution in [0.4, 0.5) is 5.69 Å². The van der Waals surface area contributed by atoms with Crippen molar-refractivity contribution in [2.24, 2.45) is 4.99 Å². The van der Waals surface area contributed by atoms with Crippen LogP contribution in [0.15, 0.2) is 23.2 Å². The van der Waals surface area contributed by atoms with Gasteiger partial charge in [-0.25, -0.2) is 14.9 Å². The van der Waals surface area contributed by atoms with Crippen molar-refractivity contribution in [3.05, 3.63) is 28.2 Å². The average molecular weight is 397 g/mol. The highest BCUT2D eigenvalue weighted by atomic mass is 35.5. The minimum absolute atomic E-state index is 0. The van der Waals surface area contributed by atoms with Crippen LogP contribution in [0.3, 0.4) is 0 Å². The molecule has 1 aromatic rings. The van der Waals surface area contributed by atoms with Crippen LogP contribution in [-0.2, 0) is 14.4 Å². The first-order valence-corrected chi connectivity index (χ1v) is 8.00. The van der Waals surface area contributed by atoms with Crippen molar-refractivity contribution in [2.45, 2.75) is 26.4 Å². The molecule has 0 amide bonds. The van der Waals surface area contributed by atoms with Gasteiger partial charge < -0.3 is 10.1 Å². The molecule has 0 saturated carbocycles. The predicted octanol–water partition coefficient (Wildman–Crippen LogP) is 3.77. The van der Waals surface area contributed by atoms with E-state index < -0.39 is 11.6 Å². The third-order valence-corrected chi connectivity index (χ3v) is 3.74. The zero-order valence-corrected chi connectivity index (χ0v) is 16.0. The summed E-state index contributed by atoms with van der Waals surface area (Å²) in [5.41, 5.74) is -0.591. The van der Waals surface area contributed by atoms with E-state index in [4.69, 9.17) is 32.8 Å². The van der Waals surface area contributed by atoms with Crippen molar-refractivity contribution in [3.8, 4) is 0 Å². The monoisotopic (exact) mass is 395 g/mol. The third-order valence-electron chi connectivity index (χ3n) is 3.11. The molecule has 0 aliphatic carbocycles. The number of nitrogens with one attached hydrogen (secondary N) is 1. The molecule has 1 aliphatic heterocycles. The van der Waals surface area contributed by atoms with Crippen LogP contribution in [0.25, 0.3) is 0 Å². The Hall–Kier alpha value is -1.21. The van der Waals surface area contributed by atoms with E-state index in [0.717, 1.165) is 0 Å². The van der Waals surface area contributed by atoms with E-state index in [1.54, 1.807) is 39.0 Å². The largest absolute Gasteiger partial charge is 0.464 e. The second-order valence-corrected chi connectivity index (χ2v) is 6.17. The number of nitrogens with zero attached hydrogens (tertiary/aromatic N) is 2. The Morgan fingerprint density at radius 3 is 2.58 bits per heavy atom. The van der Waals surface area contributed by atoms with Gasteiger partial charge >= 0.3 is 5.97 Å². The molecule has 0 bridgehead atoms. The van der Waals surface area contributed by atoms with Gasteiger partial charge in [0, 0.05) is 0 Å². The summed E-state index contributed by atoms with van der Waals surface area (Å²) in [6.45, 7) is 6.36. The molecule has 0 saturated heterocycles. The van der Waals surface area contributed by atoms with Gasteiger partial charge in [0.2, 0.25) is 5.96 Å². The first kappa shape index (κ1) is 20.8. The van der Waals surface area contributed by atoms with Crippen LogP contribution in [0.1, 0.15) is 20.8 Å². The first-order chi connectivity index (χ1) is 10.8. The molecule has 0 spiro atoms. The molecule has 9 heteroatoms. The van der Waals surface area contributed by atoms with Crippen LogP contribution in [0.5, 0.6) is 0 Å². The van der Waals surface area contributed by atoms with Gasteiger partial charge in [0.05, 0.1) is 35.4 Å². The second kappa shape index (κ2) is 8.76. The molecule has 0 fully saturated rings. The molecular weight excluding hydrogens is 377 g/mol. The summed E-state index contributed by atoms with van der Waals surface area (Å²) in [5.74, 6) is -0.000556. The number of hydrogen-bond donors (Lipinski definition) is 1. The number of rotatable bonds is 5. The number of aliphatic imine (C=N–C) groups is 1. The van der Waals surface area contributed by atoms with Gasteiger partial charge in [-0.1, -0.05) is 29.3 Å². The zero-order valence-electron chi connectivity index (χ0n) is 13.6. The van der Waals surface area contributed by atoms with Gasteiger partial charge in [-0.2, -0.15) is 0 Å². The van der Waals surface area contributed by atoms with Crippen molar-refractivity contribution in [1.82, 2.24) is 5.06 Å². The summed E-state index contributed by atoms with van der Waals surface area (Å²) in [4.78, 5) is 22.0. The summed E-state index contributed by atoms with van der Waals surface area (Å²) >= 11 is 12.3. The van der Waals surface area contributed by atoms with E-state index in [1.807, 2.05) is 0 Å². The number of halogens is 3. The average Bonchev–Trinajstić information content (AvgIpc) is 2.89. The number of ether oxygens (including phenoxy) is 1. The lowest BCUT2D eigenvalue weighted by atomic mass is 10.1. The van der Waals surface area contributed by atoms with E-state index in [0.29, 0.717) is 41.4 Å². The van der Waals surface area contributed by atoms with E-state index in [1.165, 1.54) is 5.06 Å². The summed E-state index contributed by atoms with van der Waals surface area (Å²) in [7, 11) is 0. The topological polar surface area (TPSA) is 63.2 Å². The Kier molecular flexibility index (Phi) is 7.60. The number of para-hydroxylation sites is 1. The number of guanidine groups is 1. The van der Waals surface area contributed by atoms with Gasteiger partial charge in [-0.3, -0.25) is 4.84 Å². The first-order valence-electron chi connectivity index (χ1n) is 7.24. The molecule has 134 valence electrons. The van der Waals surface area contributed by atoms with Crippen LogP contribution < -0.4 is 5.32 Å². The van der Waals surface area contributed by atoms with Crippen molar-refractivity contribution in [2.75, 3.05) is 25.0 Å². The molecule has 1 heterocycles. The Balaban J connectivity index is 0.00000288. The fourth-order valence-corrected chi connectivity index (χ4v) is 2.46. The molecular formula is C15H20Cl3N3O3. The SMILES string of the molecule is CCOC(=O)C(C)(C)ON1CCN=C1Nc1c(Cl)cccc1Cl.Cl. The van der Waals surface area contributed by atoms with E-state index in [2.05, 4.69) is 10.3 Å². The molecule has 6 nitrogen and oxygen atoms in total. The highest BCUT2D eigenvalue weighted by molar-refractivity contribution is 6.39. The van der Waals surface area contributed by atoms with Crippen molar-refractivity contribution in [1.29, 1.82) is 0 Å². The lowest BCUT2D eigenvalue weighted by Crippen LogP contribution is -2.46. The molecule has 24 heavy (non-hydrogen) atoms. The summed E-state index contributed by atoms with van der Waals surface area (Å²) < 4.78 is 5.02. The molecule has 0 atom stereocenters. The molecule has 2 rings (SSSR count). The second-order valence-electron chi connectivity index (χ2n) is 5.35. The van der Waals surface area contributed by atoms with Gasteiger partial charge in [-0.05, 0) is 32.9 Å². The number of hydroxylamine groups is 2. The molecule has 1 aliphatic rings. The third kappa shape index (κ3) is 4.89. The summed E-state index contributed by atoms with van der Waals surface area (Å²) in [6.07, 6.45) is 0. The minimum Gasteiger partial charge on any atom is -0.464 e. The van der Waals surface area contributed by atoms with E-state index in [9.17, 15) is 4.79 Å². The standard InChI is InChI=1S/C15H19Cl2N3O3.ClH/c1-4-22-13(21)15(2,3)23-20-9-8-18-14(20)19-12-10(16)6-5-7-11(12)17;/h5-7H,4,8-9H2,1-3H3,(H,18,19);1H. The van der Waals surface area contributed by atoms with Gasteiger partial charge in [0.1, 0.15) is 0 Å². The fourth-order valence-electron chi connectivity index (χ4n) is 1.97. The van der Waals surface area contributed by atoms with E-state index >= 15 is 0 Å². The normalized spacial score (nSPS) is 14.0. The van der Waals surface area contributed by atoms with E-state index in [-0.39, 0.29) is 12.4 Å². The van der Waals surface area contributed by atoms with Crippen LogP contribution in [-0.4, -0.2) is 42.3 Å². The smallest absolute Gasteiger partial charge is 0.340 e. The quantitative estimate of drug-likeness (QED) is 0.768. The zero-order chi connectivity index (χ0) is 17.0. The lowest BCUT2D eigenvalue weighted by molar-refractivity contribution is -0.210. The Labute approximate surface area is 157 Å². The molecule has 0 aromatic heterocycles. The summed E-state index contributed by atoms with van der Waals surface area (Å²) in [5, 5.41) is 5.50. The fraction of sp³-hybridized carbons (Fsp3) is 0.467. The molecule has 1 aromatic carbocycles. The van der Waals surface area contributed by atoms with Gasteiger partial charge in [0.15, 0.2) is 5.60 Å². The Bertz CT molecular complexity index is 603. The highest BCUT2D eigenvalue weighted by Gasteiger charge is 2.35. The number of esters is 1. The maximum atomic E-state index is 11.9. The maximum absolute atomic E-state index is 11.9. The number of anilines is 1. The van der Waals surface area contributed by atoms with Gasteiger partial charge in [0.25, 0.3) is 0 Å². The van der Waals surface area contributed by atoms with Crippen LogP contribution in [0, 0.1) is 0 Å².